The molecule has 0 amide bonds. The molecule has 4 fully saturated rings. The summed E-state index contributed by atoms with van der Waals surface area (Å²) in [7, 11) is 4.16. The van der Waals surface area contributed by atoms with Crippen LogP contribution in [0, 0.1) is 22.7 Å². The van der Waals surface area contributed by atoms with E-state index in [0.717, 1.165) is 51.4 Å². The lowest BCUT2D eigenvalue weighted by Gasteiger charge is -2.63. The van der Waals surface area contributed by atoms with Gasteiger partial charge < -0.3 is 15.1 Å². The van der Waals surface area contributed by atoms with Gasteiger partial charge in [0.15, 0.2) is 0 Å². The van der Waals surface area contributed by atoms with Crippen molar-refractivity contribution in [1.82, 2.24) is 0 Å². The van der Waals surface area contributed by atoms with E-state index in [0.29, 0.717) is 24.9 Å². The summed E-state index contributed by atoms with van der Waals surface area (Å²) in [5, 5.41) is 23.7. The quantitative estimate of drug-likeness (QED) is 0.364. The van der Waals surface area contributed by atoms with Crippen molar-refractivity contribution in [2.75, 3.05) is 25.6 Å². The number of anilines is 1. The zero-order valence-electron chi connectivity index (χ0n) is 23.3. The van der Waals surface area contributed by atoms with Crippen LogP contribution in [0.4, 0.5) is 5.69 Å². The van der Waals surface area contributed by atoms with Gasteiger partial charge in [-0.2, -0.15) is 0 Å². The van der Waals surface area contributed by atoms with Crippen LogP contribution < -0.4 is 4.90 Å². The van der Waals surface area contributed by atoms with Gasteiger partial charge in [-0.15, -0.1) is 11.8 Å². The van der Waals surface area contributed by atoms with Gasteiger partial charge in [0.05, 0.1) is 23.1 Å². The molecule has 0 bridgehead atoms. The molecular formula is C31H45NO4S. The fourth-order valence-corrected chi connectivity index (χ4v) is 10.6. The first kappa shape index (κ1) is 26.2. The van der Waals surface area contributed by atoms with Crippen LogP contribution in [0.2, 0.25) is 0 Å². The maximum atomic E-state index is 12.8. The van der Waals surface area contributed by atoms with E-state index < -0.39 is 15.9 Å². The minimum atomic E-state index is -0.881. The summed E-state index contributed by atoms with van der Waals surface area (Å²) in [5.41, 5.74) is 1.30. The Bertz CT molecular complexity index is 1090. The Morgan fingerprint density at radius 2 is 1.84 bits per heavy atom. The van der Waals surface area contributed by atoms with E-state index >= 15 is 0 Å². The second-order valence-corrected chi connectivity index (χ2v) is 15.5. The molecule has 2 N–H and O–H groups in total. The van der Waals surface area contributed by atoms with Crippen LogP contribution in [0.5, 0.6) is 0 Å². The number of thioether (sulfide) groups is 1. The fraction of sp³-hybridized carbons (Fsp3) is 0.742. The fourth-order valence-electron chi connectivity index (χ4n) is 8.93. The molecule has 37 heavy (non-hydrogen) atoms. The average Bonchev–Trinajstić information content (AvgIpc) is 3.13. The zero-order valence-corrected chi connectivity index (χ0v) is 24.1. The van der Waals surface area contributed by atoms with Gasteiger partial charge >= 0.3 is 0 Å². The normalized spacial score (nSPS) is 44.5. The van der Waals surface area contributed by atoms with Gasteiger partial charge in [0.25, 0.3) is 0 Å². The first-order chi connectivity index (χ1) is 17.4. The third-order valence-corrected chi connectivity index (χ3v) is 12.4. The van der Waals surface area contributed by atoms with Crippen LogP contribution in [-0.4, -0.2) is 53.0 Å². The molecule has 5 aliphatic rings. The van der Waals surface area contributed by atoms with Gasteiger partial charge in [0, 0.05) is 36.5 Å². The topological polar surface area (TPSA) is 62.2 Å². The van der Waals surface area contributed by atoms with E-state index in [1.807, 2.05) is 11.8 Å². The second-order valence-electron chi connectivity index (χ2n) is 14.1. The van der Waals surface area contributed by atoms with E-state index in [1.165, 1.54) is 16.2 Å². The van der Waals surface area contributed by atoms with Gasteiger partial charge in [0.1, 0.15) is 5.60 Å². The highest BCUT2D eigenvalue weighted by atomic mass is 32.2. The summed E-state index contributed by atoms with van der Waals surface area (Å²) in [4.78, 5) is 15.2. The lowest BCUT2D eigenvalue weighted by Crippen LogP contribution is -2.67. The number of allylic oxidation sites excluding steroid dienone is 1. The van der Waals surface area contributed by atoms with Gasteiger partial charge in [-0.25, -0.2) is 9.78 Å². The number of fused-ring (bicyclic) bond motifs is 5. The monoisotopic (exact) mass is 527 g/mol. The summed E-state index contributed by atoms with van der Waals surface area (Å²) in [6.07, 6.45) is 10.1. The molecule has 1 unspecified atom stereocenters. The van der Waals surface area contributed by atoms with Crippen molar-refractivity contribution in [2.24, 2.45) is 22.7 Å². The number of hydrogen-bond acceptors (Lipinski definition) is 6. The molecule has 1 aliphatic heterocycles. The molecule has 4 aliphatic carbocycles. The maximum Gasteiger partial charge on any atom is 0.107 e. The van der Waals surface area contributed by atoms with E-state index in [2.05, 4.69) is 70.1 Å². The number of aliphatic hydroxyl groups is 2. The van der Waals surface area contributed by atoms with Crippen molar-refractivity contribution in [3.63, 3.8) is 0 Å². The minimum absolute atomic E-state index is 0.0326. The molecule has 6 rings (SSSR count). The molecule has 1 aromatic rings. The van der Waals surface area contributed by atoms with Crippen molar-refractivity contribution in [2.45, 2.75) is 106 Å². The summed E-state index contributed by atoms with van der Waals surface area (Å²) in [5.74, 6) is 0.913. The number of benzene rings is 1. The van der Waals surface area contributed by atoms with Crippen LogP contribution in [0.3, 0.4) is 0 Å². The molecule has 5 nitrogen and oxygen atoms in total. The van der Waals surface area contributed by atoms with Crippen molar-refractivity contribution < 1.29 is 20.0 Å². The highest BCUT2D eigenvalue weighted by Crippen LogP contribution is 2.68. The molecule has 7 atom stereocenters. The molecule has 3 saturated carbocycles. The Hall–Kier alpha value is -1.05. The molecular weight excluding hydrogens is 482 g/mol. The number of rotatable bonds is 3. The average molecular weight is 528 g/mol. The molecule has 0 aromatic heterocycles. The number of hydrogen-bond donors (Lipinski definition) is 2. The van der Waals surface area contributed by atoms with Crippen molar-refractivity contribution in [1.29, 1.82) is 0 Å². The van der Waals surface area contributed by atoms with Crippen LogP contribution in [-0.2, 0) is 9.78 Å². The van der Waals surface area contributed by atoms with E-state index in [-0.39, 0.29) is 16.9 Å². The van der Waals surface area contributed by atoms with Gasteiger partial charge in [-0.3, -0.25) is 0 Å². The molecule has 0 radical (unpaired) electrons. The first-order valence-electron chi connectivity index (χ1n) is 14.3. The van der Waals surface area contributed by atoms with Crippen molar-refractivity contribution in [3.05, 3.63) is 35.9 Å². The van der Waals surface area contributed by atoms with Gasteiger partial charge in [0.2, 0.25) is 0 Å². The maximum absolute atomic E-state index is 12.8. The molecule has 1 spiro atoms. The van der Waals surface area contributed by atoms with Crippen LogP contribution in [0.15, 0.2) is 40.8 Å². The van der Waals surface area contributed by atoms with E-state index in [4.69, 9.17) is 9.78 Å². The molecule has 6 heteroatoms. The lowest BCUT2D eigenvalue weighted by molar-refractivity contribution is -0.417. The Morgan fingerprint density at radius 3 is 2.59 bits per heavy atom. The smallest absolute Gasteiger partial charge is 0.107 e. The SMILES string of the molecule is CN(C)c1cccc(S[C@]23CCC4(CC(C)(C)COO4)C[C@]2(O)CC[C@@H]2C3=CC[C@]3(C)[C@@H](O)CC[C@@H]23)c1. The van der Waals surface area contributed by atoms with E-state index in [9.17, 15) is 10.2 Å². The lowest BCUT2D eigenvalue weighted by atomic mass is 9.51. The molecule has 1 heterocycles. The van der Waals surface area contributed by atoms with Crippen LogP contribution in [0.1, 0.15) is 78.6 Å². The Balaban J connectivity index is 1.43. The van der Waals surface area contributed by atoms with Crippen LogP contribution in [0.25, 0.3) is 0 Å². The molecule has 1 saturated heterocycles. The third-order valence-electron chi connectivity index (χ3n) is 10.8. The number of aliphatic hydroxyl groups excluding tert-OH is 1. The van der Waals surface area contributed by atoms with Crippen LogP contribution >= 0.6 is 11.8 Å². The Morgan fingerprint density at radius 1 is 1.03 bits per heavy atom. The third kappa shape index (κ3) is 4.04. The predicted octanol–water partition coefficient (Wildman–Crippen LogP) is 6.13. The number of nitrogens with zero attached hydrogens (tertiary/aromatic N) is 1. The second kappa shape index (κ2) is 8.72. The summed E-state index contributed by atoms with van der Waals surface area (Å²) in [6, 6.07) is 8.76. The molecule has 204 valence electrons. The van der Waals surface area contributed by atoms with Gasteiger partial charge in [-0.05, 0) is 86.8 Å². The van der Waals surface area contributed by atoms with E-state index in [1.54, 1.807) is 0 Å². The standard InChI is InChI=1S/C31H45NO4S/c1-27(2)18-29(36-35-20-27)15-16-31(37-22-8-6-7-21(17-22)32(4)5)25-12-13-28(3)24(9-10-26(28)33)23(25)11-14-30(31,34)19-29/h6-8,12,17,23-24,26,33-34H,9-11,13-16,18-20H2,1-5H3/t23-,24-,26-,28-,29?,30+,31-/m0/s1. The zero-order chi connectivity index (χ0) is 26.3. The summed E-state index contributed by atoms with van der Waals surface area (Å²) in [6.45, 7) is 7.39. The predicted molar refractivity (Wildman–Crippen MR) is 149 cm³/mol. The minimum Gasteiger partial charge on any atom is -0.393 e. The first-order valence-corrected chi connectivity index (χ1v) is 15.1. The highest BCUT2D eigenvalue weighted by molar-refractivity contribution is 8.01. The Labute approximate surface area is 226 Å². The largest absolute Gasteiger partial charge is 0.393 e. The van der Waals surface area contributed by atoms with Gasteiger partial charge in [-0.1, -0.05) is 38.5 Å². The summed E-state index contributed by atoms with van der Waals surface area (Å²) >= 11 is 1.89. The summed E-state index contributed by atoms with van der Waals surface area (Å²) < 4.78 is -0.397. The highest BCUT2D eigenvalue weighted by Gasteiger charge is 2.67. The molecule has 1 aromatic carbocycles. The Kier molecular flexibility index (Phi) is 6.17. The van der Waals surface area contributed by atoms with Crippen molar-refractivity contribution >= 4 is 17.4 Å². The van der Waals surface area contributed by atoms with Crippen molar-refractivity contribution in [3.8, 4) is 0 Å².